The first kappa shape index (κ1) is 20.4. The Labute approximate surface area is 163 Å². The molecule has 1 heterocycles. The molecule has 12 heteroatoms. The monoisotopic (exact) mass is 432 g/mol. The number of sulfonamides is 1. The van der Waals surface area contributed by atoms with Crippen molar-refractivity contribution in [2.45, 2.75) is 34.3 Å². The lowest BCUT2D eigenvalue weighted by Crippen LogP contribution is -2.30. The molecule has 1 aromatic carbocycles. The number of rotatable bonds is 7. The van der Waals surface area contributed by atoms with Crippen LogP contribution in [0.5, 0.6) is 0 Å². The molecular formula is C16H15F3N4O3S2. The van der Waals surface area contributed by atoms with Gasteiger partial charge in [-0.15, -0.1) is 0 Å². The number of hydrogen-bond donors (Lipinski definition) is 3. The lowest BCUT2D eigenvalue weighted by atomic mass is 10.3. The number of thioether (sulfide) groups is 1. The van der Waals surface area contributed by atoms with E-state index in [4.69, 9.17) is 0 Å². The van der Waals surface area contributed by atoms with Crippen LogP contribution in [-0.2, 0) is 10.0 Å². The van der Waals surface area contributed by atoms with Crippen LogP contribution < -0.4 is 15.6 Å². The Morgan fingerprint density at radius 3 is 2.43 bits per heavy atom. The summed E-state index contributed by atoms with van der Waals surface area (Å²) in [5, 5.41) is -0.470. The van der Waals surface area contributed by atoms with Crippen molar-refractivity contribution in [3.8, 4) is 0 Å². The maximum absolute atomic E-state index is 12.6. The number of carbonyl (C=O) groups is 1. The topological polar surface area (TPSA) is 100 Å². The van der Waals surface area contributed by atoms with Crippen LogP contribution in [-0.4, -0.2) is 30.9 Å². The van der Waals surface area contributed by atoms with Crippen molar-refractivity contribution in [3.63, 3.8) is 0 Å². The number of hydrazine groups is 1. The zero-order valence-corrected chi connectivity index (χ0v) is 15.8. The van der Waals surface area contributed by atoms with E-state index in [0.717, 1.165) is 19.0 Å². The van der Waals surface area contributed by atoms with Gasteiger partial charge in [0.25, 0.3) is 5.91 Å². The zero-order chi connectivity index (χ0) is 20.4. The van der Waals surface area contributed by atoms with Gasteiger partial charge in [0.2, 0.25) is 10.0 Å². The number of alkyl halides is 3. The molecule has 3 rings (SSSR count). The van der Waals surface area contributed by atoms with E-state index in [1.54, 1.807) is 0 Å². The molecule has 1 aromatic heterocycles. The molecule has 0 saturated heterocycles. The molecule has 3 N–H and O–H groups in total. The average molecular weight is 432 g/mol. The highest BCUT2D eigenvalue weighted by molar-refractivity contribution is 8.00. The molecular weight excluding hydrogens is 417 g/mol. The van der Waals surface area contributed by atoms with Crippen LogP contribution >= 0.6 is 11.8 Å². The first-order valence-corrected chi connectivity index (χ1v) is 10.3. The van der Waals surface area contributed by atoms with Crippen molar-refractivity contribution in [3.05, 3.63) is 48.2 Å². The van der Waals surface area contributed by atoms with Gasteiger partial charge < -0.3 is 0 Å². The number of benzene rings is 1. The molecule has 28 heavy (non-hydrogen) atoms. The Bertz CT molecular complexity index is 962. The highest BCUT2D eigenvalue weighted by Gasteiger charge is 2.32. The molecule has 1 saturated carbocycles. The third kappa shape index (κ3) is 5.59. The third-order valence-electron chi connectivity index (χ3n) is 3.61. The van der Waals surface area contributed by atoms with Gasteiger partial charge in [-0.1, -0.05) is 0 Å². The molecule has 0 atom stereocenters. The maximum atomic E-state index is 12.6. The Morgan fingerprint density at radius 1 is 1.14 bits per heavy atom. The van der Waals surface area contributed by atoms with Gasteiger partial charge in [-0.2, -0.15) is 13.2 Å². The van der Waals surface area contributed by atoms with Crippen molar-refractivity contribution in [2.24, 2.45) is 0 Å². The fourth-order valence-electron chi connectivity index (χ4n) is 2.16. The van der Waals surface area contributed by atoms with Crippen LogP contribution in [0.2, 0.25) is 0 Å². The molecule has 0 unspecified atom stereocenters. The summed E-state index contributed by atoms with van der Waals surface area (Å²) in [5.74, 6) is -0.813. The summed E-state index contributed by atoms with van der Waals surface area (Å²) in [7, 11) is -3.59. The number of aromatic nitrogens is 1. The van der Waals surface area contributed by atoms with Gasteiger partial charge in [0.05, 0.1) is 16.1 Å². The minimum Gasteiger partial charge on any atom is -0.298 e. The third-order valence-corrected chi connectivity index (χ3v) is 5.90. The summed E-state index contributed by atoms with van der Waals surface area (Å²) in [5.41, 5.74) is 0.331. The van der Waals surface area contributed by atoms with E-state index in [0.29, 0.717) is 5.69 Å². The number of halogens is 3. The van der Waals surface area contributed by atoms with Crippen molar-refractivity contribution in [2.75, 3.05) is 5.43 Å². The number of carbonyl (C=O) groups excluding carboxylic acids is 1. The first-order chi connectivity index (χ1) is 13.1. The van der Waals surface area contributed by atoms with E-state index in [9.17, 15) is 26.4 Å². The molecule has 1 fully saturated rings. The second-order valence-corrected chi connectivity index (χ2v) is 8.67. The van der Waals surface area contributed by atoms with E-state index >= 15 is 0 Å². The lowest BCUT2D eigenvalue weighted by molar-refractivity contribution is -0.0329. The molecule has 2 aromatic rings. The van der Waals surface area contributed by atoms with Crippen LogP contribution in [0, 0.1) is 0 Å². The molecule has 0 spiro atoms. The summed E-state index contributed by atoms with van der Waals surface area (Å²) >= 11 is -0.481. The fourth-order valence-corrected chi connectivity index (χ4v) is 4.07. The molecule has 0 radical (unpaired) electrons. The van der Waals surface area contributed by atoms with E-state index in [-0.39, 0.29) is 16.5 Å². The van der Waals surface area contributed by atoms with Crippen LogP contribution in [0.25, 0.3) is 0 Å². The van der Waals surface area contributed by atoms with E-state index in [1.807, 2.05) is 0 Å². The van der Waals surface area contributed by atoms with Crippen LogP contribution in [0.4, 0.5) is 18.9 Å². The molecule has 150 valence electrons. The van der Waals surface area contributed by atoms with Crippen LogP contribution in [0.3, 0.4) is 0 Å². The standard InChI is InChI=1S/C16H15F3N4O3S2/c17-16(18,19)27-15-13(2-1-9-20-15)14(24)22-21-10-5-7-12(8-6-10)28(25,26)23-11-3-4-11/h1-2,5-9,11,21,23H,3-4H2,(H,22,24). The smallest absolute Gasteiger partial charge is 0.298 e. The number of hydrogen-bond acceptors (Lipinski definition) is 6. The number of nitrogens with zero attached hydrogens (tertiary/aromatic N) is 1. The Morgan fingerprint density at radius 2 is 1.82 bits per heavy atom. The van der Waals surface area contributed by atoms with Crippen molar-refractivity contribution < 1.29 is 26.4 Å². The molecule has 1 aliphatic rings. The molecule has 0 bridgehead atoms. The zero-order valence-electron chi connectivity index (χ0n) is 14.2. The van der Waals surface area contributed by atoms with Crippen molar-refractivity contribution in [1.82, 2.24) is 15.1 Å². The fraction of sp³-hybridized carbons (Fsp3) is 0.250. The highest BCUT2D eigenvalue weighted by Crippen LogP contribution is 2.37. The minimum atomic E-state index is -4.58. The molecule has 0 aliphatic heterocycles. The van der Waals surface area contributed by atoms with Gasteiger partial charge >= 0.3 is 5.51 Å². The number of amides is 1. The largest absolute Gasteiger partial charge is 0.447 e. The summed E-state index contributed by atoms with van der Waals surface area (Å²) < 4.78 is 64.5. The number of pyridine rings is 1. The SMILES string of the molecule is O=C(NNc1ccc(S(=O)(=O)NC2CC2)cc1)c1cccnc1SC(F)(F)F. The van der Waals surface area contributed by atoms with Gasteiger partial charge in [0.1, 0.15) is 5.03 Å². The molecule has 1 aliphatic carbocycles. The Kier molecular flexibility index (Phi) is 5.82. The number of anilines is 1. The van der Waals surface area contributed by atoms with Crippen LogP contribution in [0.15, 0.2) is 52.5 Å². The molecule has 1 amide bonds. The van der Waals surface area contributed by atoms with E-state index in [2.05, 4.69) is 20.6 Å². The number of nitrogens with one attached hydrogen (secondary N) is 3. The quantitative estimate of drug-likeness (QED) is 0.460. The first-order valence-electron chi connectivity index (χ1n) is 8.03. The van der Waals surface area contributed by atoms with Crippen molar-refractivity contribution >= 4 is 33.4 Å². The Hall–Kier alpha value is -2.31. The minimum absolute atomic E-state index is 0.0228. The highest BCUT2D eigenvalue weighted by atomic mass is 32.2. The van der Waals surface area contributed by atoms with E-state index in [1.165, 1.54) is 36.4 Å². The molecule has 7 nitrogen and oxygen atoms in total. The summed E-state index contributed by atoms with van der Waals surface area (Å²) in [6.45, 7) is 0. The van der Waals surface area contributed by atoms with Gasteiger partial charge in [0.15, 0.2) is 0 Å². The second kappa shape index (κ2) is 7.97. The van der Waals surface area contributed by atoms with Crippen molar-refractivity contribution in [1.29, 1.82) is 0 Å². The predicted octanol–water partition coefficient (Wildman–Crippen LogP) is 2.89. The summed E-state index contributed by atoms with van der Waals surface area (Å²) in [6.07, 6.45) is 2.79. The summed E-state index contributed by atoms with van der Waals surface area (Å²) in [4.78, 5) is 15.8. The average Bonchev–Trinajstić information content (AvgIpc) is 3.42. The predicted molar refractivity (Wildman–Crippen MR) is 97.0 cm³/mol. The summed E-state index contributed by atoms with van der Waals surface area (Å²) in [6, 6.07) is 8.11. The van der Waals surface area contributed by atoms with Crippen LogP contribution in [0.1, 0.15) is 23.2 Å². The van der Waals surface area contributed by atoms with Gasteiger partial charge in [-0.3, -0.25) is 15.6 Å². The normalized spacial score (nSPS) is 14.5. The Balaban J connectivity index is 1.64. The second-order valence-electron chi connectivity index (χ2n) is 5.90. The van der Waals surface area contributed by atoms with E-state index < -0.39 is 38.2 Å². The van der Waals surface area contributed by atoms with Gasteiger partial charge in [-0.25, -0.2) is 18.1 Å². The lowest BCUT2D eigenvalue weighted by Gasteiger charge is -2.12. The van der Waals surface area contributed by atoms with Gasteiger partial charge in [-0.05, 0) is 49.2 Å². The maximum Gasteiger partial charge on any atom is 0.447 e. The van der Waals surface area contributed by atoms with Gasteiger partial charge in [0, 0.05) is 24.0 Å².